The smallest absolute Gasteiger partial charge is 0.132 e. The molecule has 2 N–H and O–H groups in total. The maximum absolute atomic E-state index is 5.99. The number of nitrogens with zero attached hydrogens (tertiary/aromatic N) is 3. The van der Waals surface area contributed by atoms with Gasteiger partial charge in [0.15, 0.2) is 0 Å². The van der Waals surface area contributed by atoms with Crippen LogP contribution < -0.4 is 10.6 Å². The van der Waals surface area contributed by atoms with Gasteiger partial charge in [0.1, 0.15) is 12.1 Å². The van der Waals surface area contributed by atoms with Gasteiger partial charge in [0.25, 0.3) is 0 Å². The highest BCUT2D eigenvalue weighted by Crippen LogP contribution is 2.26. The molecule has 2 heterocycles. The summed E-state index contributed by atoms with van der Waals surface area (Å²) in [7, 11) is 0. The van der Waals surface area contributed by atoms with Gasteiger partial charge in [-0.1, -0.05) is 36.4 Å². The van der Waals surface area contributed by atoms with Crippen molar-refractivity contribution < 1.29 is 0 Å². The molecule has 4 heteroatoms. The van der Waals surface area contributed by atoms with E-state index in [4.69, 9.17) is 5.73 Å². The number of anilines is 1. The number of fused-ring (bicyclic) bond motifs is 1. The zero-order chi connectivity index (χ0) is 14.9. The second kappa shape index (κ2) is 5.39. The molecule has 1 aromatic heterocycles. The van der Waals surface area contributed by atoms with Gasteiger partial charge in [0, 0.05) is 30.8 Å². The highest BCUT2D eigenvalue weighted by atomic mass is 15.2. The Bertz CT molecular complexity index is 815. The minimum Gasteiger partial charge on any atom is -0.355 e. The molecule has 22 heavy (non-hydrogen) atoms. The lowest BCUT2D eigenvalue weighted by molar-refractivity contribution is 0.751. The predicted molar refractivity (Wildman–Crippen MR) is 89.8 cm³/mol. The molecule has 1 saturated heterocycles. The fraction of sp³-hybridized carbons (Fsp3) is 0.222. The zero-order valence-electron chi connectivity index (χ0n) is 12.3. The van der Waals surface area contributed by atoms with Crippen molar-refractivity contribution in [2.75, 3.05) is 18.0 Å². The zero-order valence-corrected chi connectivity index (χ0v) is 12.3. The summed E-state index contributed by atoms with van der Waals surface area (Å²) in [6, 6.07) is 17.1. The molecule has 2 aromatic carbocycles. The highest BCUT2D eigenvalue weighted by molar-refractivity contribution is 5.86. The second-order valence-corrected chi connectivity index (χ2v) is 5.82. The molecule has 0 radical (unpaired) electrons. The number of hydrogen-bond acceptors (Lipinski definition) is 4. The highest BCUT2D eigenvalue weighted by Gasteiger charge is 2.20. The van der Waals surface area contributed by atoms with Crippen molar-refractivity contribution in [3.8, 4) is 11.3 Å². The molecule has 0 aliphatic carbocycles. The summed E-state index contributed by atoms with van der Waals surface area (Å²) >= 11 is 0. The normalized spacial score (nSPS) is 18.0. The van der Waals surface area contributed by atoms with Crippen LogP contribution >= 0.6 is 0 Å². The average molecular weight is 290 g/mol. The summed E-state index contributed by atoms with van der Waals surface area (Å²) in [5.41, 5.74) is 8.06. The summed E-state index contributed by atoms with van der Waals surface area (Å²) in [6.45, 7) is 1.84. The van der Waals surface area contributed by atoms with Gasteiger partial charge in [0.2, 0.25) is 0 Å². The van der Waals surface area contributed by atoms with E-state index in [-0.39, 0.29) is 6.04 Å². The van der Waals surface area contributed by atoms with Crippen molar-refractivity contribution in [2.24, 2.45) is 5.73 Å². The third kappa shape index (κ3) is 2.42. The summed E-state index contributed by atoms with van der Waals surface area (Å²) < 4.78 is 0. The van der Waals surface area contributed by atoms with Crippen LogP contribution in [0.4, 0.5) is 5.82 Å². The molecule has 3 aromatic rings. The van der Waals surface area contributed by atoms with Crippen LogP contribution in [0.1, 0.15) is 6.42 Å². The van der Waals surface area contributed by atoms with E-state index in [1.165, 1.54) is 10.8 Å². The molecule has 1 aliphatic heterocycles. The molecule has 0 bridgehead atoms. The van der Waals surface area contributed by atoms with Crippen LogP contribution in [-0.4, -0.2) is 29.1 Å². The van der Waals surface area contributed by atoms with Crippen LogP contribution in [0.25, 0.3) is 22.0 Å². The lowest BCUT2D eigenvalue weighted by Crippen LogP contribution is -2.26. The van der Waals surface area contributed by atoms with Crippen LogP contribution in [0.5, 0.6) is 0 Å². The van der Waals surface area contributed by atoms with Gasteiger partial charge in [-0.25, -0.2) is 9.97 Å². The van der Waals surface area contributed by atoms with E-state index in [0.717, 1.165) is 36.6 Å². The van der Waals surface area contributed by atoms with Gasteiger partial charge in [-0.05, 0) is 23.3 Å². The second-order valence-electron chi connectivity index (χ2n) is 5.82. The van der Waals surface area contributed by atoms with Crippen molar-refractivity contribution >= 4 is 16.6 Å². The van der Waals surface area contributed by atoms with Gasteiger partial charge in [0.05, 0.1) is 5.69 Å². The molecule has 0 amide bonds. The van der Waals surface area contributed by atoms with E-state index in [0.29, 0.717) is 0 Å². The molecule has 1 aliphatic rings. The first-order chi connectivity index (χ1) is 10.8. The van der Waals surface area contributed by atoms with Crippen LogP contribution in [0.15, 0.2) is 54.9 Å². The molecule has 4 rings (SSSR count). The Morgan fingerprint density at radius 1 is 1.00 bits per heavy atom. The molecule has 0 spiro atoms. The van der Waals surface area contributed by atoms with Gasteiger partial charge in [-0.2, -0.15) is 0 Å². The lowest BCUT2D eigenvalue weighted by Gasteiger charge is -2.17. The Hall–Kier alpha value is -2.46. The Kier molecular flexibility index (Phi) is 3.24. The molecule has 1 fully saturated rings. The van der Waals surface area contributed by atoms with E-state index in [1.807, 2.05) is 0 Å². The van der Waals surface area contributed by atoms with Crippen LogP contribution in [-0.2, 0) is 0 Å². The van der Waals surface area contributed by atoms with Crippen LogP contribution in [0.3, 0.4) is 0 Å². The molecular formula is C18H18N4. The summed E-state index contributed by atoms with van der Waals surface area (Å²) in [5.74, 6) is 0.964. The topological polar surface area (TPSA) is 55.0 Å². The van der Waals surface area contributed by atoms with Crippen molar-refractivity contribution in [3.63, 3.8) is 0 Å². The quantitative estimate of drug-likeness (QED) is 0.788. The average Bonchev–Trinajstić information content (AvgIpc) is 3.01. The summed E-state index contributed by atoms with van der Waals surface area (Å²) in [4.78, 5) is 11.1. The molecule has 0 saturated carbocycles. The molecular weight excluding hydrogens is 272 g/mol. The Labute approximate surface area is 129 Å². The fourth-order valence-corrected chi connectivity index (χ4v) is 3.02. The predicted octanol–water partition coefficient (Wildman–Crippen LogP) is 2.83. The number of hydrogen-bond donors (Lipinski definition) is 1. The minimum absolute atomic E-state index is 0.249. The minimum atomic E-state index is 0.249. The number of aromatic nitrogens is 2. The maximum atomic E-state index is 5.99. The Morgan fingerprint density at radius 3 is 2.68 bits per heavy atom. The van der Waals surface area contributed by atoms with Gasteiger partial charge in [-0.3, -0.25) is 0 Å². The van der Waals surface area contributed by atoms with E-state index in [1.54, 1.807) is 6.33 Å². The first-order valence-electron chi connectivity index (χ1n) is 7.61. The summed E-state index contributed by atoms with van der Waals surface area (Å²) in [6.07, 6.45) is 2.67. The number of nitrogens with two attached hydrogens (primary N) is 1. The van der Waals surface area contributed by atoms with Crippen LogP contribution in [0.2, 0.25) is 0 Å². The Morgan fingerprint density at radius 2 is 1.86 bits per heavy atom. The maximum Gasteiger partial charge on any atom is 0.132 e. The molecule has 0 unspecified atom stereocenters. The first kappa shape index (κ1) is 13.2. The largest absolute Gasteiger partial charge is 0.355 e. The third-order valence-electron chi connectivity index (χ3n) is 4.25. The third-order valence-corrected chi connectivity index (χ3v) is 4.25. The van der Waals surface area contributed by atoms with Crippen molar-refractivity contribution in [2.45, 2.75) is 12.5 Å². The van der Waals surface area contributed by atoms with Crippen molar-refractivity contribution in [1.82, 2.24) is 9.97 Å². The Balaban J connectivity index is 1.71. The summed E-state index contributed by atoms with van der Waals surface area (Å²) in [5, 5.41) is 2.47. The molecule has 4 nitrogen and oxygen atoms in total. The first-order valence-corrected chi connectivity index (χ1v) is 7.61. The van der Waals surface area contributed by atoms with Gasteiger partial charge < -0.3 is 10.6 Å². The SMILES string of the molecule is N[C@@H]1CCN(c2cc(-c3ccc4ccccc4c3)ncn2)C1. The van der Waals surface area contributed by atoms with Gasteiger partial charge in [-0.15, -0.1) is 0 Å². The van der Waals surface area contributed by atoms with Crippen LogP contribution in [0, 0.1) is 0 Å². The van der Waals surface area contributed by atoms with E-state index >= 15 is 0 Å². The van der Waals surface area contributed by atoms with E-state index in [2.05, 4.69) is 63.4 Å². The molecule has 110 valence electrons. The fourth-order valence-electron chi connectivity index (χ4n) is 3.02. The van der Waals surface area contributed by atoms with E-state index < -0.39 is 0 Å². The number of benzene rings is 2. The van der Waals surface area contributed by atoms with E-state index in [9.17, 15) is 0 Å². The lowest BCUT2D eigenvalue weighted by atomic mass is 10.0. The monoisotopic (exact) mass is 290 g/mol. The van der Waals surface area contributed by atoms with Gasteiger partial charge >= 0.3 is 0 Å². The molecule has 1 atom stereocenters. The van der Waals surface area contributed by atoms with Crippen molar-refractivity contribution in [1.29, 1.82) is 0 Å². The van der Waals surface area contributed by atoms with Crippen molar-refractivity contribution in [3.05, 3.63) is 54.9 Å². The number of rotatable bonds is 2. The standard InChI is InChI=1S/C18H18N4/c19-16-7-8-22(11-16)18-10-17(20-12-21-18)15-6-5-13-3-1-2-4-14(13)9-15/h1-6,9-10,12,16H,7-8,11,19H2/t16-/m1/s1.